The number of thiazole rings is 1. The highest BCUT2D eigenvalue weighted by atomic mass is 32.2. The first-order valence-electron chi connectivity index (χ1n) is 9.90. The van der Waals surface area contributed by atoms with Crippen LogP contribution in [0, 0.1) is 11.6 Å². The Bertz CT molecular complexity index is 1350. The van der Waals surface area contributed by atoms with Crippen LogP contribution in [0.5, 0.6) is 5.75 Å². The third kappa shape index (κ3) is 6.00. The van der Waals surface area contributed by atoms with Gasteiger partial charge in [-0.05, 0) is 54.6 Å². The second-order valence-corrected chi connectivity index (χ2v) is 9.18. The van der Waals surface area contributed by atoms with Crippen LogP contribution in [0.2, 0.25) is 0 Å². The third-order valence-corrected chi connectivity index (χ3v) is 6.67. The van der Waals surface area contributed by atoms with Gasteiger partial charge in [0, 0.05) is 17.4 Å². The van der Waals surface area contributed by atoms with Crippen LogP contribution in [0.4, 0.5) is 30.6 Å². The Kier molecular flexibility index (Phi) is 7.24. The van der Waals surface area contributed by atoms with Gasteiger partial charge in [-0.2, -0.15) is 0 Å². The molecule has 3 N–H and O–H groups in total. The summed E-state index contributed by atoms with van der Waals surface area (Å²) in [5.74, 6) is -0.878. The fourth-order valence-corrected chi connectivity index (χ4v) is 4.82. The largest absolute Gasteiger partial charge is 0.497 e. The minimum absolute atomic E-state index is 0.135. The molecule has 0 aliphatic heterocycles. The lowest BCUT2D eigenvalue weighted by Gasteiger charge is -2.08. The summed E-state index contributed by atoms with van der Waals surface area (Å²) < 4.78 is 33.3. The van der Waals surface area contributed by atoms with Crippen LogP contribution in [0.1, 0.15) is 0 Å². The number of carbonyl (C=O) groups is 2. The smallest absolute Gasteiger partial charge is 0.323 e. The number of urea groups is 1. The molecule has 7 nitrogen and oxygen atoms in total. The number of halogens is 2. The van der Waals surface area contributed by atoms with Crippen molar-refractivity contribution in [3.8, 4) is 5.75 Å². The van der Waals surface area contributed by atoms with Crippen molar-refractivity contribution < 1.29 is 23.1 Å². The van der Waals surface area contributed by atoms with Gasteiger partial charge in [0.05, 0.1) is 28.8 Å². The van der Waals surface area contributed by atoms with Gasteiger partial charge >= 0.3 is 6.03 Å². The summed E-state index contributed by atoms with van der Waals surface area (Å²) in [5.41, 5.74) is 1.73. The SMILES string of the molecule is COc1ccc(NC(=O)CSc2nc3ccc(NC(=O)Nc4ccc(F)cc4F)cc3s2)cc1. The highest BCUT2D eigenvalue weighted by molar-refractivity contribution is 8.01. The van der Waals surface area contributed by atoms with E-state index in [9.17, 15) is 18.4 Å². The van der Waals surface area contributed by atoms with Crippen molar-refractivity contribution in [1.82, 2.24) is 4.98 Å². The Morgan fingerprint density at radius 1 is 0.971 bits per heavy atom. The van der Waals surface area contributed by atoms with Gasteiger partial charge in [-0.25, -0.2) is 18.6 Å². The number of ether oxygens (including phenoxy) is 1. The van der Waals surface area contributed by atoms with Gasteiger partial charge in [0.25, 0.3) is 0 Å². The number of hydrogen-bond donors (Lipinski definition) is 3. The quantitative estimate of drug-likeness (QED) is 0.273. The zero-order chi connectivity index (χ0) is 24.1. The summed E-state index contributed by atoms with van der Waals surface area (Å²) in [6, 6.07) is 14.4. The number of aromatic nitrogens is 1. The first-order chi connectivity index (χ1) is 16.4. The number of nitrogens with zero attached hydrogens (tertiary/aromatic N) is 1. The molecule has 4 rings (SSSR count). The van der Waals surface area contributed by atoms with Crippen molar-refractivity contribution >= 4 is 62.3 Å². The van der Waals surface area contributed by atoms with Crippen molar-refractivity contribution in [2.45, 2.75) is 4.34 Å². The van der Waals surface area contributed by atoms with Crippen LogP contribution in [0.3, 0.4) is 0 Å². The van der Waals surface area contributed by atoms with Crippen LogP contribution < -0.4 is 20.7 Å². The Balaban J connectivity index is 1.34. The maximum absolute atomic E-state index is 13.7. The van der Waals surface area contributed by atoms with Crippen LogP contribution in [-0.2, 0) is 4.79 Å². The summed E-state index contributed by atoms with van der Waals surface area (Å²) in [6.45, 7) is 0. The molecule has 0 fully saturated rings. The number of nitrogens with one attached hydrogen (secondary N) is 3. The van der Waals surface area contributed by atoms with Crippen LogP contribution in [-0.4, -0.2) is 29.8 Å². The Morgan fingerprint density at radius 2 is 1.74 bits per heavy atom. The molecule has 4 aromatic rings. The molecule has 11 heteroatoms. The van der Waals surface area contributed by atoms with Crippen LogP contribution in [0.25, 0.3) is 10.2 Å². The van der Waals surface area contributed by atoms with E-state index in [1.54, 1.807) is 49.6 Å². The van der Waals surface area contributed by atoms with E-state index < -0.39 is 17.7 Å². The normalized spacial score (nSPS) is 10.7. The van der Waals surface area contributed by atoms with Crippen LogP contribution in [0.15, 0.2) is 65.0 Å². The Labute approximate surface area is 201 Å². The minimum atomic E-state index is -0.870. The molecule has 0 aliphatic rings. The van der Waals surface area contributed by atoms with E-state index in [1.807, 2.05) is 0 Å². The Hall–Kier alpha value is -3.70. The molecular weight excluding hydrogens is 482 g/mol. The molecule has 0 saturated heterocycles. The molecule has 0 radical (unpaired) electrons. The number of anilines is 3. The molecular formula is C23H18F2N4O3S2. The van der Waals surface area contributed by atoms with Gasteiger partial charge < -0.3 is 20.7 Å². The lowest BCUT2D eigenvalue weighted by atomic mass is 10.3. The van der Waals surface area contributed by atoms with Gasteiger partial charge in [0.2, 0.25) is 5.91 Å². The lowest BCUT2D eigenvalue weighted by molar-refractivity contribution is -0.113. The monoisotopic (exact) mass is 500 g/mol. The summed E-state index contributed by atoms with van der Waals surface area (Å²) in [7, 11) is 1.57. The van der Waals surface area contributed by atoms with Gasteiger partial charge in [0.1, 0.15) is 17.4 Å². The average molecular weight is 501 g/mol. The number of hydrogen-bond acceptors (Lipinski definition) is 6. The molecule has 1 aromatic heterocycles. The molecule has 0 unspecified atom stereocenters. The number of rotatable bonds is 7. The summed E-state index contributed by atoms with van der Waals surface area (Å²) in [5, 5.41) is 7.76. The zero-order valence-corrected chi connectivity index (χ0v) is 19.4. The first-order valence-corrected chi connectivity index (χ1v) is 11.7. The number of fused-ring (bicyclic) bond motifs is 1. The standard InChI is InChI=1S/C23H18F2N4O3S2/c1-32-16-6-3-14(4-7-16)26-21(30)12-33-23-29-19-9-5-15(11-20(19)34-23)27-22(31)28-18-8-2-13(24)10-17(18)25/h2-11H,12H2,1H3,(H,26,30)(H2,27,28,31). The van der Waals surface area contributed by atoms with Crippen molar-refractivity contribution in [1.29, 1.82) is 0 Å². The minimum Gasteiger partial charge on any atom is -0.497 e. The van der Waals surface area contributed by atoms with Crippen molar-refractivity contribution in [2.75, 3.05) is 28.8 Å². The highest BCUT2D eigenvalue weighted by Gasteiger charge is 2.11. The van der Waals surface area contributed by atoms with E-state index in [4.69, 9.17) is 4.74 Å². The fourth-order valence-electron chi connectivity index (χ4n) is 2.92. The van der Waals surface area contributed by atoms with Crippen molar-refractivity contribution in [3.05, 3.63) is 72.3 Å². The molecule has 3 amide bonds. The summed E-state index contributed by atoms with van der Waals surface area (Å²) in [6.07, 6.45) is 0. The summed E-state index contributed by atoms with van der Waals surface area (Å²) in [4.78, 5) is 28.9. The van der Waals surface area contributed by atoms with E-state index in [0.717, 1.165) is 22.3 Å². The predicted molar refractivity (Wildman–Crippen MR) is 131 cm³/mol. The van der Waals surface area contributed by atoms with Gasteiger partial charge in [0.15, 0.2) is 4.34 Å². The first kappa shape index (κ1) is 23.5. The molecule has 1 heterocycles. The van der Waals surface area contributed by atoms with Crippen LogP contribution >= 0.6 is 23.1 Å². The number of amides is 3. The third-order valence-electron chi connectivity index (χ3n) is 4.51. The fraction of sp³-hybridized carbons (Fsp3) is 0.0870. The predicted octanol–water partition coefficient (Wildman–Crippen LogP) is 5.96. The van der Waals surface area contributed by atoms with E-state index in [2.05, 4.69) is 20.9 Å². The van der Waals surface area contributed by atoms with Crippen molar-refractivity contribution in [2.24, 2.45) is 0 Å². The molecule has 0 spiro atoms. The van der Waals surface area contributed by atoms with E-state index in [1.165, 1.54) is 23.1 Å². The molecule has 0 bridgehead atoms. The Morgan fingerprint density at radius 3 is 2.47 bits per heavy atom. The van der Waals surface area contributed by atoms with E-state index >= 15 is 0 Å². The number of benzene rings is 3. The molecule has 0 saturated carbocycles. The molecule has 0 atom stereocenters. The average Bonchev–Trinajstić information content (AvgIpc) is 3.22. The molecule has 0 aliphatic carbocycles. The van der Waals surface area contributed by atoms with Crippen molar-refractivity contribution in [3.63, 3.8) is 0 Å². The lowest BCUT2D eigenvalue weighted by Crippen LogP contribution is -2.20. The van der Waals surface area contributed by atoms with Gasteiger partial charge in [-0.1, -0.05) is 11.8 Å². The summed E-state index contributed by atoms with van der Waals surface area (Å²) >= 11 is 2.69. The number of carbonyl (C=O) groups excluding carboxylic acids is 2. The van der Waals surface area contributed by atoms with Gasteiger partial charge in [-0.15, -0.1) is 11.3 Å². The van der Waals surface area contributed by atoms with E-state index in [-0.39, 0.29) is 17.3 Å². The van der Waals surface area contributed by atoms with Gasteiger partial charge in [-0.3, -0.25) is 4.79 Å². The second-order valence-electron chi connectivity index (χ2n) is 6.93. The molecule has 34 heavy (non-hydrogen) atoms. The maximum Gasteiger partial charge on any atom is 0.323 e. The topological polar surface area (TPSA) is 92.3 Å². The van der Waals surface area contributed by atoms with E-state index in [0.29, 0.717) is 27.5 Å². The molecule has 174 valence electrons. The highest BCUT2D eigenvalue weighted by Crippen LogP contribution is 2.31. The zero-order valence-electron chi connectivity index (χ0n) is 17.7. The number of thioether (sulfide) groups is 1. The molecule has 3 aromatic carbocycles. The second kappa shape index (κ2) is 10.5. The number of methoxy groups -OCH3 is 1. The maximum atomic E-state index is 13.7.